The summed E-state index contributed by atoms with van der Waals surface area (Å²) in [5, 5.41) is 15.8. The van der Waals surface area contributed by atoms with E-state index in [2.05, 4.69) is 10.2 Å². The van der Waals surface area contributed by atoms with Crippen LogP contribution in [0, 0.1) is 0 Å². The molecule has 0 aliphatic carbocycles. The van der Waals surface area contributed by atoms with Crippen LogP contribution in [0.4, 0.5) is 0 Å². The Bertz CT molecular complexity index is 191. The maximum Gasteiger partial charge on any atom is 0.242 e. The molecule has 0 aliphatic heterocycles. The summed E-state index contributed by atoms with van der Waals surface area (Å²) in [5.41, 5.74) is 0. The Morgan fingerprint density at radius 2 is 2.18 bits per heavy atom. The van der Waals surface area contributed by atoms with Crippen molar-refractivity contribution in [1.82, 2.24) is 10.2 Å². The van der Waals surface area contributed by atoms with Crippen molar-refractivity contribution in [3.8, 4) is 0 Å². The lowest BCUT2D eigenvalue weighted by Gasteiger charge is -1.88. The minimum Gasteiger partial charge on any atom is -0.423 e. The molecular formula is C6H10N2O3. The first-order chi connectivity index (χ1) is 5.36. The highest BCUT2D eigenvalue weighted by atomic mass is 16.5. The number of hydrogen-bond donors (Lipinski definition) is 1. The molecule has 0 amide bonds. The van der Waals surface area contributed by atoms with Gasteiger partial charge in [0.15, 0.2) is 0 Å². The van der Waals surface area contributed by atoms with E-state index in [1.54, 1.807) is 7.11 Å². The molecule has 0 bridgehead atoms. The van der Waals surface area contributed by atoms with Crippen molar-refractivity contribution in [2.45, 2.75) is 13.0 Å². The van der Waals surface area contributed by atoms with Gasteiger partial charge in [0.05, 0.1) is 6.61 Å². The highest BCUT2D eigenvalue weighted by Gasteiger charge is 2.03. The van der Waals surface area contributed by atoms with Gasteiger partial charge in [-0.15, -0.1) is 10.2 Å². The highest BCUT2D eigenvalue weighted by molar-refractivity contribution is 4.79. The van der Waals surface area contributed by atoms with Crippen LogP contribution in [0.2, 0.25) is 0 Å². The fourth-order valence-electron chi connectivity index (χ4n) is 0.667. The van der Waals surface area contributed by atoms with Crippen LogP contribution in [0.25, 0.3) is 0 Å². The normalized spacial score (nSPS) is 10.4. The summed E-state index contributed by atoms with van der Waals surface area (Å²) in [5.74, 6) is 0.885. The Morgan fingerprint density at radius 3 is 2.82 bits per heavy atom. The summed E-state index contributed by atoms with van der Waals surface area (Å²) in [6.45, 7) is 0.340. The van der Waals surface area contributed by atoms with Crippen molar-refractivity contribution >= 4 is 0 Å². The fourth-order valence-corrected chi connectivity index (χ4v) is 0.667. The Hall–Kier alpha value is -0.940. The van der Waals surface area contributed by atoms with Gasteiger partial charge in [-0.3, -0.25) is 0 Å². The minimum absolute atomic E-state index is 0.0224. The van der Waals surface area contributed by atoms with Gasteiger partial charge in [0.2, 0.25) is 11.8 Å². The fraction of sp³-hybridized carbons (Fsp3) is 0.667. The van der Waals surface area contributed by atoms with E-state index in [-0.39, 0.29) is 6.61 Å². The van der Waals surface area contributed by atoms with Crippen LogP contribution in [0.5, 0.6) is 0 Å². The molecule has 0 radical (unpaired) electrons. The predicted octanol–water partition coefficient (Wildman–Crippen LogP) is -0.249. The van der Waals surface area contributed by atoms with E-state index in [0.29, 0.717) is 24.8 Å². The third kappa shape index (κ3) is 2.28. The number of aliphatic hydroxyl groups excluding tert-OH is 1. The average molecular weight is 158 g/mol. The van der Waals surface area contributed by atoms with Gasteiger partial charge in [0.25, 0.3) is 0 Å². The standard InChI is InChI=1S/C6H10N2O3/c1-10-4-6-8-7-5(11-6)2-3-9/h9H,2-4H2,1H3. The van der Waals surface area contributed by atoms with Gasteiger partial charge in [-0.2, -0.15) is 0 Å². The molecule has 0 atom stereocenters. The monoisotopic (exact) mass is 158 g/mol. The third-order valence-corrected chi connectivity index (χ3v) is 1.10. The van der Waals surface area contributed by atoms with E-state index < -0.39 is 0 Å². The zero-order valence-electron chi connectivity index (χ0n) is 6.28. The average Bonchev–Trinajstić information content (AvgIpc) is 2.38. The van der Waals surface area contributed by atoms with Crippen LogP contribution in [0.1, 0.15) is 11.8 Å². The van der Waals surface area contributed by atoms with E-state index in [1.807, 2.05) is 0 Å². The summed E-state index contributed by atoms with van der Waals surface area (Å²) >= 11 is 0. The molecule has 1 aromatic rings. The summed E-state index contributed by atoms with van der Waals surface area (Å²) in [4.78, 5) is 0. The molecule has 11 heavy (non-hydrogen) atoms. The molecule has 0 aromatic carbocycles. The first-order valence-electron chi connectivity index (χ1n) is 3.28. The summed E-state index contributed by atoms with van der Waals surface area (Å²) in [7, 11) is 1.55. The second-order valence-electron chi connectivity index (χ2n) is 2.00. The Labute approximate surface area is 64.0 Å². The number of methoxy groups -OCH3 is 1. The Morgan fingerprint density at radius 1 is 1.45 bits per heavy atom. The summed E-state index contributed by atoms with van der Waals surface area (Å²) < 4.78 is 9.82. The molecule has 0 aliphatic rings. The molecule has 0 fully saturated rings. The van der Waals surface area contributed by atoms with E-state index in [9.17, 15) is 0 Å². The molecule has 5 nitrogen and oxygen atoms in total. The van der Waals surface area contributed by atoms with Crippen LogP contribution >= 0.6 is 0 Å². The van der Waals surface area contributed by atoms with Gasteiger partial charge in [-0.05, 0) is 0 Å². The van der Waals surface area contributed by atoms with Crippen molar-refractivity contribution in [2.24, 2.45) is 0 Å². The first kappa shape index (κ1) is 8.16. The molecule has 0 unspecified atom stereocenters. The molecule has 5 heteroatoms. The summed E-state index contributed by atoms with van der Waals surface area (Å²) in [6, 6.07) is 0. The largest absolute Gasteiger partial charge is 0.423 e. The lowest BCUT2D eigenvalue weighted by molar-refractivity contribution is 0.157. The second-order valence-corrected chi connectivity index (χ2v) is 2.00. The van der Waals surface area contributed by atoms with Crippen LogP contribution in [-0.2, 0) is 17.8 Å². The number of nitrogens with zero attached hydrogens (tertiary/aromatic N) is 2. The number of aliphatic hydroxyl groups is 1. The van der Waals surface area contributed by atoms with Crippen LogP contribution in [0.3, 0.4) is 0 Å². The van der Waals surface area contributed by atoms with Gasteiger partial charge >= 0.3 is 0 Å². The maximum absolute atomic E-state index is 8.50. The van der Waals surface area contributed by atoms with E-state index in [4.69, 9.17) is 14.3 Å². The second kappa shape index (κ2) is 4.05. The SMILES string of the molecule is COCc1nnc(CCO)o1. The van der Waals surface area contributed by atoms with Gasteiger partial charge < -0.3 is 14.3 Å². The lowest BCUT2D eigenvalue weighted by atomic mass is 10.5. The topological polar surface area (TPSA) is 68.4 Å². The maximum atomic E-state index is 8.50. The molecule has 1 aromatic heterocycles. The molecule has 1 N–H and O–H groups in total. The lowest BCUT2D eigenvalue weighted by Crippen LogP contribution is -1.89. The third-order valence-electron chi connectivity index (χ3n) is 1.10. The van der Waals surface area contributed by atoms with Crippen molar-refractivity contribution in [2.75, 3.05) is 13.7 Å². The number of ether oxygens (including phenoxy) is 1. The van der Waals surface area contributed by atoms with Crippen LogP contribution in [-0.4, -0.2) is 29.0 Å². The minimum atomic E-state index is 0.0224. The zero-order valence-corrected chi connectivity index (χ0v) is 6.28. The van der Waals surface area contributed by atoms with Crippen LogP contribution in [0.15, 0.2) is 4.42 Å². The Kier molecular flexibility index (Phi) is 3.00. The first-order valence-corrected chi connectivity index (χ1v) is 3.28. The number of rotatable bonds is 4. The van der Waals surface area contributed by atoms with E-state index >= 15 is 0 Å². The zero-order chi connectivity index (χ0) is 8.10. The molecule has 1 heterocycles. The molecule has 0 saturated heterocycles. The molecule has 0 spiro atoms. The number of hydrogen-bond acceptors (Lipinski definition) is 5. The quantitative estimate of drug-likeness (QED) is 0.654. The molecule has 0 saturated carbocycles. The molecule has 62 valence electrons. The Balaban J connectivity index is 2.51. The van der Waals surface area contributed by atoms with E-state index in [1.165, 1.54) is 0 Å². The van der Waals surface area contributed by atoms with Gasteiger partial charge in [-0.1, -0.05) is 0 Å². The smallest absolute Gasteiger partial charge is 0.242 e. The van der Waals surface area contributed by atoms with Crippen molar-refractivity contribution in [1.29, 1.82) is 0 Å². The van der Waals surface area contributed by atoms with Crippen molar-refractivity contribution in [3.05, 3.63) is 11.8 Å². The predicted molar refractivity (Wildman–Crippen MR) is 35.8 cm³/mol. The van der Waals surface area contributed by atoms with E-state index in [0.717, 1.165) is 0 Å². The van der Waals surface area contributed by atoms with Gasteiger partial charge in [0.1, 0.15) is 6.61 Å². The van der Waals surface area contributed by atoms with Gasteiger partial charge in [0, 0.05) is 13.5 Å². The molecule has 1 rings (SSSR count). The van der Waals surface area contributed by atoms with Crippen molar-refractivity contribution < 1.29 is 14.3 Å². The van der Waals surface area contributed by atoms with Crippen molar-refractivity contribution in [3.63, 3.8) is 0 Å². The number of aromatic nitrogens is 2. The summed E-state index contributed by atoms with van der Waals surface area (Å²) in [6.07, 6.45) is 0.400. The van der Waals surface area contributed by atoms with Crippen LogP contribution < -0.4 is 0 Å². The molecular weight excluding hydrogens is 148 g/mol. The highest BCUT2D eigenvalue weighted by Crippen LogP contribution is 2.00. The van der Waals surface area contributed by atoms with Gasteiger partial charge in [-0.25, -0.2) is 0 Å².